The molecule has 6 heteroatoms. The predicted octanol–water partition coefficient (Wildman–Crippen LogP) is 1.31. The third-order valence-electron chi connectivity index (χ3n) is 2.18. The second kappa shape index (κ2) is 6.90. The minimum atomic E-state index is -3.22. The summed E-state index contributed by atoms with van der Waals surface area (Å²) in [4.78, 5) is 1.80. The van der Waals surface area contributed by atoms with Gasteiger partial charge in [-0.05, 0) is 26.0 Å². The Morgan fingerprint density at radius 2 is 2.17 bits per heavy atom. The second-order valence-electron chi connectivity index (χ2n) is 3.96. The van der Waals surface area contributed by atoms with Crippen molar-refractivity contribution in [1.82, 2.24) is 4.72 Å². The molecule has 0 radical (unpaired) electrons. The molecule has 0 saturated heterocycles. The van der Waals surface area contributed by atoms with E-state index in [1.165, 1.54) is 11.3 Å². The molecule has 0 atom stereocenters. The first-order chi connectivity index (χ1) is 8.45. The van der Waals surface area contributed by atoms with E-state index in [4.69, 9.17) is 5.11 Å². The molecule has 1 aromatic heterocycles. The number of aliphatic hydroxyl groups excluding tert-OH is 1. The minimum Gasteiger partial charge on any atom is -0.395 e. The molecule has 100 valence electrons. The zero-order chi connectivity index (χ0) is 13.6. The molecule has 2 N–H and O–H groups in total. The maximum Gasteiger partial charge on any atom is 0.214 e. The molecule has 0 aliphatic rings. The van der Waals surface area contributed by atoms with E-state index in [0.717, 1.165) is 9.75 Å². The van der Waals surface area contributed by atoms with Crippen LogP contribution in [0.5, 0.6) is 0 Å². The van der Waals surface area contributed by atoms with E-state index in [-0.39, 0.29) is 6.61 Å². The van der Waals surface area contributed by atoms with Crippen molar-refractivity contribution in [3.63, 3.8) is 0 Å². The molecule has 0 bridgehead atoms. The molecular weight excluding hydrogens is 270 g/mol. The van der Waals surface area contributed by atoms with Crippen molar-refractivity contribution in [2.75, 3.05) is 6.61 Å². The number of rotatable bonds is 5. The maximum atomic E-state index is 11.6. The molecular formula is C12H17NO3S2. The Labute approximate surface area is 112 Å². The highest BCUT2D eigenvalue weighted by Crippen LogP contribution is 2.15. The Hall–Kier alpha value is -0.870. The van der Waals surface area contributed by atoms with Gasteiger partial charge in [-0.3, -0.25) is 0 Å². The third-order valence-corrected chi connectivity index (χ3v) is 4.97. The zero-order valence-electron chi connectivity index (χ0n) is 10.4. The summed E-state index contributed by atoms with van der Waals surface area (Å²) in [5, 5.41) is 8.17. The molecule has 0 saturated carbocycles. The van der Waals surface area contributed by atoms with Gasteiger partial charge in [0.1, 0.15) is 0 Å². The van der Waals surface area contributed by atoms with Crippen LogP contribution < -0.4 is 4.72 Å². The summed E-state index contributed by atoms with van der Waals surface area (Å²) < 4.78 is 25.7. The highest BCUT2D eigenvalue weighted by atomic mass is 32.2. The fourth-order valence-corrected chi connectivity index (χ4v) is 2.69. The van der Waals surface area contributed by atoms with Crippen molar-refractivity contribution in [1.29, 1.82) is 0 Å². The van der Waals surface area contributed by atoms with Crippen molar-refractivity contribution in [2.24, 2.45) is 0 Å². The van der Waals surface area contributed by atoms with Gasteiger partial charge in [0.2, 0.25) is 10.0 Å². The minimum absolute atomic E-state index is 0.0550. The molecule has 1 rings (SSSR count). The summed E-state index contributed by atoms with van der Waals surface area (Å²) in [6, 6.07) is 3.71. The average molecular weight is 287 g/mol. The summed E-state index contributed by atoms with van der Waals surface area (Å²) in [5.41, 5.74) is 0. The Morgan fingerprint density at radius 1 is 1.44 bits per heavy atom. The van der Waals surface area contributed by atoms with Gasteiger partial charge in [-0.2, -0.15) is 0 Å². The zero-order valence-corrected chi connectivity index (χ0v) is 12.1. The van der Waals surface area contributed by atoms with Crippen molar-refractivity contribution in [3.05, 3.63) is 21.9 Å². The smallest absolute Gasteiger partial charge is 0.214 e. The van der Waals surface area contributed by atoms with E-state index in [9.17, 15) is 8.42 Å². The van der Waals surface area contributed by atoms with Crippen LogP contribution in [-0.2, 0) is 16.6 Å². The molecule has 0 fully saturated rings. The summed E-state index contributed by atoms with van der Waals surface area (Å²) in [5.74, 6) is 5.74. The number of hydrogen-bond donors (Lipinski definition) is 2. The number of thiophene rings is 1. The van der Waals surface area contributed by atoms with Gasteiger partial charge in [0.15, 0.2) is 0 Å². The maximum absolute atomic E-state index is 11.6. The van der Waals surface area contributed by atoms with Crippen LogP contribution in [0.25, 0.3) is 0 Å². The van der Waals surface area contributed by atoms with Crippen molar-refractivity contribution in [2.45, 2.75) is 32.1 Å². The fourth-order valence-electron chi connectivity index (χ4n) is 1.08. The number of hydrogen-bond acceptors (Lipinski definition) is 4. The Bertz CT molecular complexity index is 535. The fraction of sp³-hybridized carbons (Fsp3) is 0.500. The van der Waals surface area contributed by atoms with E-state index >= 15 is 0 Å². The summed E-state index contributed by atoms with van der Waals surface area (Å²) >= 11 is 1.45. The first kappa shape index (κ1) is 15.2. The lowest BCUT2D eigenvalue weighted by molar-refractivity contribution is 0.305. The van der Waals surface area contributed by atoms with Crippen molar-refractivity contribution >= 4 is 21.4 Å². The van der Waals surface area contributed by atoms with E-state index < -0.39 is 15.3 Å². The number of aliphatic hydroxyl groups is 1. The van der Waals surface area contributed by atoms with Crippen LogP contribution in [0.3, 0.4) is 0 Å². The SMILES string of the molecule is CC(C)S(=O)(=O)NCc1ccc(C#CCCO)s1. The monoisotopic (exact) mass is 287 g/mol. The highest BCUT2D eigenvalue weighted by molar-refractivity contribution is 7.90. The largest absolute Gasteiger partial charge is 0.395 e. The van der Waals surface area contributed by atoms with Gasteiger partial charge < -0.3 is 5.11 Å². The van der Waals surface area contributed by atoms with Gasteiger partial charge in [0.25, 0.3) is 0 Å². The first-order valence-electron chi connectivity index (χ1n) is 5.62. The van der Waals surface area contributed by atoms with Crippen molar-refractivity contribution in [3.8, 4) is 11.8 Å². The summed E-state index contributed by atoms with van der Waals surface area (Å²) in [6.07, 6.45) is 0.452. The van der Waals surface area contributed by atoms with Crippen LogP contribution >= 0.6 is 11.3 Å². The van der Waals surface area contributed by atoms with Gasteiger partial charge in [0, 0.05) is 17.8 Å². The molecule has 0 spiro atoms. The van der Waals surface area contributed by atoms with Gasteiger partial charge >= 0.3 is 0 Å². The standard InChI is InChI=1S/C12H17NO3S2/c1-10(2)18(15,16)13-9-12-7-6-11(17-12)5-3-4-8-14/h6-7,10,13-14H,4,8-9H2,1-2H3. The van der Waals surface area contributed by atoms with E-state index in [0.29, 0.717) is 13.0 Å². The molecule has 0 amide bonds. The van der Waals surface area contributed by atoms with Crippen LogP contribution in [-0.4, -0.2) is 25.4 Å². The quantitative estimate of drug-likeness (QED) is 0.803. The lowest BCUT2D eigenvalue weighted by Gasteiger charge is -2.07. The molecule has 0 aliphatic carbocycles. The summed E-state index contributed by atoms with van der Waals surface area (Å²) in [6.45, 7) is 3.64. The molecule has 4 nitrogen and oxygen atoms in total. The van der Waals surface area contributed by atoms with E-state index in [1.807, 2.05) is 12.1 Å². The lowest BCUT2D eigenvalue weighted by Crippen LogP contribution is -2.29. The summed E-state index contributed by atoms with van der Waals surface area (Å²) in [7, 11) is -3.22. The Morgan fingerprint density at radius 3 is 2.78 bits per heavy atom. The van der Waals surface area contributed by atoms with Crippen molar-refractivity contribution < 1.29 is 13.5 Å². The molecule has 1 aromatic rings. The average Bonchev–Trinajstić information content (AvgIpc) is 2.75. The molecule has 0 aromatic carbocycles. The third kappa shape index (κ3) is 4.78. The van der Waals surface area contributed by atoms with Gasteiger partial charge in [0.05, 0.1) is 16.7 Å². The van der Waals surface area contributed by atoms with Gasteiger partial charge in [-0.15, -0.1) is 11.3 Å². The second-order valence-corrected chi connectivity index (χ2v) is 7.45. The number of nitrogens with one attached hydrogen (secondary N) is 1. The molecule has 1 heterocycles. The molecule has 0 aliphatic heterocycles. The van der Waals surface area contributed by atoms with E-state index in [2.05, 4.69) is 16.6 Å². The van der Waals surface area contributed by atoms with Crippen LogP contribution in [0.1, 0.15) is 30.0 Å². The predicted molar refractivity (Wildman–Crippen MR) is 73.8 cm³/mol. The Balaban J connectivity index is 2.58. The van der Waals surface area contributed by atoms with Crippen LogP contribution in [0.4, 0.5) is 0 Å². The normalized spacial score (nSPS) is 11.3. The molecule has 18 heavy (non-hydrogen) atoms. The van der Waals surface area contributed by atoms with Crippen LogP contribution in [0.15, 0.2) is 12.1 Å². The molecule has 0 unspecified atom stereocenters. The first-order valence-corrected chi connectivity index (χ1v) is 7.99. The lowest BCUT2D eigenvalue weighted by atomic mass is 10.4. The highest BCUT2D eigenvalue weighted by Gasteiger charge is 2.15. The van der Waals surface area contributed by atoms with Gasteiger partial charge in [-0.25, -0.2) is 13.1 Å². The Kier molecular flexibility index (Phi) is 5.82. The topological polar surface area (TPSA) is 66.4 Å². The van der Waals surface area contributed by atoms with E-state index in [1.54, 1.807) is 13.8 Å². The van der Waals surface area contributed by atoms with Crippen LogP contribution in [0.2, 0.25) is 0 Å². The van der Waals surface area contributed by atoms with Crippen LogP contribution in [0, 0.1) is 11.8 Å². The van der Waals surface area contributed by atoms with Gasteiger partial charge in [-0.1, -0.05) is 11.8 Å². The number of sulfonamides is 1.